The van der Waals surface area contributed by atoms with Crippen molar-refractivity contribution in [1.82, 2.24) is 25.5 Å². The summed E-state index contributed by atoms with van der Waals surface area (Å²) < 4.78 is 0. The molecule has 2 rings (SSSR count). The van der Waals surface area contributed by atoms with Gasteiger partial charge in [0.1, 0.15) is 11.6 Å². The van der Waals surface area contributed by atoms with Crippen molar-refractivity contribution in [3.63, 3.8) is 0 Å². The Labute approximate surface area is 136 Å². The van der Waals surface area contributed by atoms with E-state index in [-0.39, 0.29) is 11.8 Å². The van der Waals surface area contributed by atoms with E-state index in [4.69, 9.17) is 0 Å². The van der Waals surface area contributed by atoms with Gasteiger partial charge in [-0.25, -0.2) is 9.97 Å². The summed E-state index contributed by atoms with van der Waals surface area (Å²) in [6.07, 6.45) is 0.830. The first-order valence-corrected chi connectivity index (χ1v) is 7.65. The molecule has 1 amide bonds. The maximum atomic E-state index is 11.9. The Morgan fingerprint density at radius 3 is 2.52 bits per heavy atom. The molecule has 7 nitrogen and oxygen atoms in total. The molecule has 0 aliphatic heterocycles. The third-order valence-corrected chi connectivity index (χ3v) is 3.40. The number of nitrogens with one attached hydrogen (secondary N) is 2. The first kappa shape index (κ1) is 16.8. The number of nitrogens with zero attached hydrogens (tertiary/aromatic N) is 4. The van der Waals surface area contributed by atoms with Crippen LogP contribution in [0.25, 0.3) is 0 Å². The lowest BCUT2D eigenvalue weighted by Crippen LogP contribution is -2.22. The molecule has 0 fully saturated rings. The first-order valence-electron chi connectivity index (χ1n) is 7.65. The Balaban J connectivity index is 2.36. The van der Waals surface area contributed by atoms with Crippen molar-refractivity contribution >= 4 is 17.5 Å². The molecule has 2 aromatic heterocycles. The molecule has 23 heavy (non-hydrogen) atoms. The maximum absolute atomic E-state index is 11.9. The quantitative estimate of drug-likeness (QED) is 0.880. The highest BCUT2D eigenvalue weighted by molar-refractivity contribution is 5.93. The molecule has 0 unspecified atom stereocenters. The lowest BCUT2D eigenvalue weighted by atomic mass is 10.0. The van der Waals surface area contributed by atoms with E-state index in [1.165, 1.54) is 0 Å². The monoisotopic (exact) mass is 314 g/mol. The van der Waals surface area contributed by atoms with Crippen molar-refractivity contribution in [1.29, 1.82) is 0 Å². The fourth-order valence-corrected chi connectivity index (χ4v) is 2.21. The molecule has 0 bridgehead atoms. The van der Waals surface area contributed by atoms with E-state index >= 15 is 0 Å². The zero-order chi connectivity index (χ0) is 17.0. The van der Waals surface area contributed by atoms with E-state index < -0.39 is 0 Å². The highest BCUT2D eigenvalue weighted by Gasteiger charge is 2.16. The number of hydrogen-bond donors (Lipinski definition) is 2. The number of aromatic nitrogens is 4. The normalized spacial score (nSPS) is 10.7. The lowest BCUT2D eigenvalue weighted by Gasteiger charge is -2.13. The Morgan fingerprint density at radius 2 is 1.91 bits per heavy atom. The Kier molecular flexibility index (Phi) is 5.20. The summed E-state index contributed by atoms with van der Waals surface area (Å²) in [5.41, 5.74) is 2.14. The molecule has 0 aliphatic carbocycles. The second-order valence-corrected chi connectivity index (χ2v) is 5.54. The first-order chi connectivity index (χ1) is 10.9. The van der Waals surface area contributed by atoms with E-state index in [9.17, 15) is 4.79 Å². The van der Waals surface area contributed by atoms with Crippen LogP contribution in [0.1, 0.15) is 54.3 Å². The molecule has 2 N–H and O–H groups in total. The molecule has 0 aromatic carbocycles. The minimum atomic E-state index is -0.237. The van der Waals surface area contributed by atoms with Gasteiger partial charge in [-0.1, -0.05) is 20.8 Å². The van der Waals surface area contributed by atoms with Crippen LogP contribution in [0, 0.1) is 6.92 Å². The minimum absolute atomic E-state index is 0.150. The summed E-state index contributed by atoms with van der Waals surface area (Å²) in [6.45, 7) is 7.92. The molecular formula is C16H22N6O. The van der Waals surface area contributed by atoms with Crippen molar-refractivity contribution in [2.75, 3.05) is 12.4 Å². The van der Waals surface area contributed by atoms with Gasteiger partial charge in [0, 0.05) is 18.8 Å². The number of aryl methyl sites for hydroxylation is 2. The number of anilines is 2. The molecule has 0 aliphatic rings. The fourth-order valence-electron chi connectivity index (χ4n) is 2.21. The van der Waals surface area contributed by atoms with Gasteiger partial charge in [-0.3, -0.25) is 4.79 Å². The SMILES string of the molecule is CCc1cc(Nc2cc(C(C)C)c(C(=O)NC)nn2)nc(C)n1. The maximum Gasteiger partial charge on any atom is 0.271 e. The van der Waals surface area contributed by atoms with E-state index in [1.807, 2.05) is 39.8 Å². The van der Waals surface area contributed by atoms with E-state index in [2.05, 4.69) is 30.8 Å². The van der Waals surface area contributed by atoms with Gasteiger partial charge in [0.15, 0.2) is 11.5 Å². The van der Waals surface area contributed by atoms with Gasteiger partial charge in [0.25, 0.3) is 5.91 Å². The average molecular weight is 314 g/mol. The summed E-state index contributed by atoms with van der Waals surface area (Å²) >= 11 is 0. The third-order valence-electron chi connectivity index (χ3n) is 3.40. The van der Waals surface area contributed by atoms with Crippen molar-refractivity contribution in [3.8, 4) is 0 Å². The number of carbonyl (C=O) groups is 1. The third kappa shape index (κ3) is 4.00. The van der Waals surface area contributed by atoms with Crippen LogP contribution in [-0.2, 0) is 6.42 Å². The average Bonchev–Trinajstić information content (AvgIpc) is 2.53. The summed E-state index contributed by atoms with van der Waals surface area (Å²) in [4.78, 5) is 20.6. The van der Waals surface area contributed by atoms with Gasteiger partial charge in [-0.15, -0.1) is 10.2 Å². The van der Waals surface area contributed by atoms with E-state index in [1.54, 1.807) is 7.05 Å². The smallest absolute Gasteiger partial charge is 0.271 e. The standard InChI is InChI=1S/C16H22N6O/c1-6-11-7-13(19-10(4)18-11)20-14-8-12(9(2)3)15(22-21-14)16(23)17-5/h7-9H,6H2,1-5H3,(H,17,23)(H,18,19,20,21). The minimum Gasteiger partial charge on any atom is -0.354 e. The molecule has 0 atom stereocenters. The van der Waals surface area contributed by atoms with Gasteiger partial charge in [0.2, 0.25) is 0 Å². The Morgan fingerprint density at radius 1 is 1.17 bits per heavy atom. The van der Waals surface area contributed by atoms with Gasteiger partial charge in [-0.2, -0.15) is 0 Å². The van der Waals surface area contributed by atoms with Crippen LogP contribution in [0.4, 0.5) is 11.6 Å². The molecular weight excluding hydrogens is 292 g/mol. The zero-order valence-corrected chi connectivity index (χ0v) is 14.1. The summed E-state index contributed by atoms with van der Waals surface area (Å²) in [5.74, 6) is 1.84. The van der Waals surface area contributed by atoms with Crippen LogP contribution in [0.3, 0.4) is 0 Å². The molecule has 7 heteroatoms. The van der Waals surface area contributed by atoms with Crippen LogP contribution >= 0.6 is 0 Å². The van der Waals surface area contributed by atoms with Gasteiger partial charge in [0.05, 0.1) is 0 Å². The van der Waals surface area contributed by atoms with Crippen molar-refractivity contribution in [2.24, 2.45) is 0 Å². The Bertz CT molecular complexity index is 714. The van der Waals surface area contributed by atoms with Gasteiger partial charge >= 0.3 is 0 Å². The largest absolute Gasteiger partial charge is 0.354 e. The number of carbonyl (C=O) groups excluding carboxylic acids is 1. The van der Waals surface area contributed by atoms with Crippen molar-refractivity contribution < 1.29 is 4.79 Å². The summed E-state index contributed by atoms with van der Waals surface area (Å²) in [6, 6.07) is 3.72. The highest BCUT2D eigenvalue weighted by Crippen LogP contribution is 2.22. The molecule has 0 saturated carbocycles. The van der Waals surface area contributed by atoms with Crippen LogP contribution in [0.2, 0.25) is 0 Å². The van der Waals surface area contributed by atoms with Crippen LogP contribution in [-0.4, -0.2) is 33.1 Å². The molecule has 122 valence electrons. The van der Waals surface area contributed by atoms with Crippen LogP contribution in [0.15, 0.2) is 12.1 Å². The molecule has 0 radical (unpaired) electrons. The summed E-state index contributed by atoms with van der Waals surface area (Å²) in [7, 11) is 1.58. The van der Waals surface area contributed by atoms with E-state index in [0.29, 0.717) is 23.2 Å². The second kappa shape index (κ2) is 7.13. The fraction of sp³-hybridized carbons (Fsp3) is 0.438. The molecule has 0 spiro atoms. The van der Waals surface area contributed by atoms with Crippen molar-refractivity contribution in [3.05, 3.63) is 34.9 Å². The van der Waals surface area contributed by atoms with Crippen LogP contribution in [0.5, 0.6) is 0 Å². The van der Waals surface area contributed by atoms with Crippen molar-refractivity contribution in [2.45, 2.75) is 40.0 Å². The molecule has 0 saturated heterocycles. The summed E-state index contributed by atoms with van der Waals surface area (Å²) in [5, 5.41) is 13.9. The van der Waals surface area contributed by atoms with Crippen LogP contribution < -0.4 is 10.6 Å². The number of rotatable bonds is 5. The predicted molar refractivity (Wildman–Crippen MR) is 88.9 cm³/mol. The lowest BCUT2D eigenvalue weighted by molar-refractivity contribution is 0.0955. The van der Waals surface area contributed by atoms with Gasteiger partial charge in [-0.05, 0) is 30.9 Å². The topological polar surface area (TPSA) is 92.7 Å². The molecule has 2 aromatic rings. The molecule has 2 heterocycles. The number of amides is 1. The number of hydrogen-bond acceptors (Lipinski definition) is 6. The predicted octanol–water partition coefficient (Wildman–Crippen LogP) is 2.36. The zero-order valence-electron chi connectivity index (χ0n) is 14.1. The van der Waals surface area contributed by atoms with Gasteiger partial charge < -0.3 is 10.6 Å². The van der Waals surface area contributed by atoms with E-state index in [0.717, 1.165) is 17.7 Å². The second-order valence-electron chi connectivity index (χ2n) is 5.54. The highest BCUT2D eigenvalue weighted by atomic mass is 16.1. The Hall–Kier alpha value is -2.57.